The van der Waals surface area contributed by atoms with Gasteiger partial charge in [0.05, 0.1) is 45.2 Å². The zero-order valence-electron chi connectivity index (χ0n) is 32.0. The third-order valence-electron chi connectivity index (χ3n) is 10.2. The average molecular weight is 788 g/mol. The Labute approximate surface area is 321 Å². The van der Waals surface area contributed by atoms with Gasteiger partial charge in [-0.05, 0) is 81.1 Å². The Kier molecular flexibility index (Phi) is 13.9. The number of hydrogen-bond acceptors (Lipinski definition) is 10. The molecule has 16 heteroatoms. The third kappa shape index (κ3) is 10.4. The highest BCUT2D eigenvalue weighted by Gasteiger charge is 2.42. The molecule has 0 saturated carbocycles. The molecule has 2 N–H and O–H groups in total. The maximum absolute atomic E-state index is 14.6. The van der Waals surface area contributed by atoms with Crippen LogP contribution >= 0.6 is 0 Å². The number of carbonyl (C=O) groups excluding carboxylic acids is 1. The summed E-state index contributed by atoms with van der Waals surface area (Å²) in [6.45, 7) is 7.41. The molecule has 2 aliphatic heterocycles. The number of nitrogens with zero attached hydrogens (tertiary/aromatic N) is 4. The van der Waals surface area contributed by atoms with E-state index in [1.165, 1.54) is 33.5 Å². The number of halogens is 2. The van der Waals surface area contributed by atoms with E-state index in [-0.39, 0.29) is 11.9 Å². The number of nitrogens with one attached hydrogen (secondary N) is 1. The number of anilines is 1. The van der Waals surface area contributed by atoms with E-state index in [1.54, 1.807) is 23.1 Å². The number of carbonyl (C=O) groups is 1. The molecule has 1 atom stereocenters. The first kappa shape index (κ1) is 41.6. The van der Waals surface area contributed by atoms with Crippen LogP contribution in [0.5, 0.6) is 17.2 Å². The maximum atomic E-state index is 14.6. The van der Waals surface area contributed by atoms with Crippen LogP contribution in [0.2, 0.25) is 0 Å². The number of likely N-dealkylation sites (tertiary alicyclic amines) is 2. The number of piperidine rings is 1. The fourth-order valence-corrected chi connectivity index (χ4v) is 7.41. The van der Waals surface area contributed by atoms with E-state index in [0.717, 1.165) is 56.0 Å². The second-order valence-electron chi connectivity index (χ2n) is 13.8. The highest BCUT2D eigenvalue weighted by atomic mass is 32.2. The molecular formula is C39H51F2N5O8S. The molecular weight excluding hydrogens is 737 g/mol. The first-order chi connectivity index (χ1) is 26.3. The molecule has 2 fully saturated rings. The molecule has 1 amide bonds. The predicted octanol–water partition coefficient (Wildman–Crippen LogP) is 5.63. The van der Waals surface area contributed by atoms with Gasteiger partial charge in [0.25, 0.3) is 16.0 Å². The standard InChI is InChI=1S/C38H47F2N5O5.CH4O3S/c1-5-50-21-20-45-32-9-7-6-8-31(32)42-37(45)41-28-12-16-43(17-13-28)18-14-38(27-10-11-29(39)30(40)24-27)15-19-44(25-38)36(46)26-22-33(47-2)35(49-4)34(23-26)48-3;1-5(2,3)4/h6-11,22-24,28H,5,12-21,25H2,1-4H3,(H,41,42);1H3,(H,2,3,4). The molecule has 6 rings (SSSR count). The van der Waals surface area contributed by atoms with Crippen molar-refractivity contribution in [2.75, 3.05) is 78.8 Å². The lowest BCUT2D eigenvalue weighted by molar-refractivity contribution is 0.0779. The molecule has 3 heterocycles. The molecule has 3 aromatic carbocycles. The summed E-state index contributed by atoms with van der Waals surface area (Å²) in [6, 6.07) is 15.9. The van der Waals surface area contributed by atoms with E-state index in [4.69, 9.17) is 28.5 Å². The van der Waals surface area contributed by atoms with Crippen LogP contribution in [-0.2, 0) is 26.8 Å². The second-order valence-corrected chi connectivity index (χ2v) is 15.3. The smallest absolute Gasteiger partial charge is 0.261 e. The monoisotopic (exact) mass is 787 g/mol. The van der Waals surface area contributed by atoms with Gasteiger partial charge in [-0.1, -0.05) is 18.2 Å². The fraction of sp³-hybridized carbons (Fsp3) is 0.487. The van der Waals surface area contributed by atoms with Crippen molar-refractivity contribution < 1.29 is 45.5 Å². The summed E-state index contributed by atoms with van der Waals surface area (Å²) in [6.07, 6.45) is 3.93. The molecule has 13 nitrogen and oxygen atoms in total. The number of para-hydroxylation sites is 2. The lowest BCUT2D eigenvalue weighted by Gasteiger charge is -2.36. The Morgan fingerprint density at radius 3 is 2.25 bits per heavy atom. The quantitative estimate of drug-likeness (QED) is 0.121. The number of amides is 1. The van der Waals surface area contributed by atoms with Crippen molar-refractivity contribution in [3.8, 4) is 17.2 Å². The first-order valence-electron chi connectivity index (χ1n) is 18.3. The van der Waals surface area contributed by atoms with Crippen LogP contribution < -0.4 is 19.5 Å². The van der Waals surface area contributed by atoms with Crippen LogP contribution in [0.3, 0.4) is 0 Å². The van der Waals surface area contributed by atoms with Crippen molar-refractivity contribution in [3.63, 3.8) is 0 Å². The minimum absolute atomic E-state index is 0.187. The summed E-state index contributed by atoms with van der Waals surface area (Å²) < 4.78 is 78.8. The van der Waals surface area contributed by atoms with Crippen LogP contribution in [0.15, 0.2) is 54.6 Å². The van der Waals surface area contributed by atoms with E-state index in [2.05, 4.69) is 20.9 Å². The zero-order valence-corrected chi connectivity index (χ0v) is 32.8. The Morgan fingerprint density at radius 2 is 1.64 bits per heavy atom. The number of hydrogen-bond donors (Lipinski definition) is 2. The van der Waals surface area contributed by atoms with E-state index in [0.29, 0.717) is 73.8 Å². The van der Waals surface area contributed by atoms with E-state index in [9.17, 15) is 22.0 Å². The van der Waals surface area contributed by atoms with E-state index >= 15 is 0 Å². The molecule has 1 aromatic heterocycles. The molecule has 300 valence electrons. The molecule has 2 saturated heterocycles. The number of benzene rings is 3. The van der Waals surface area contributed by atoms with Gasteiger partial charge in [-0.2, -0.15) is 8.42 Å². The fourth-order valence-electron chi connectivity index (χ4n) is 7.41. The predicted molar refractivity (Wildman–Crippen MR) is 206 cm³/mol. The van der Waals surface area contributed by atoms with Crippen molar-refractivity contribution >= 4 is 33.0 Å². The highest BCUT2D eigenvalue weighted by Crippen LogP contribution is 2.42. The van der Waals surface area contributed by atoms with Crippen LogP contribution in [0.1, 0.15) is 48.5 Å². The molecule has 2 aliphatic rings. The van der Waals surface area contributed by atoms with Gasteiger partial charge in [0.2, 0.25) is 11.7 Å². The molecule has 1 unspecified atom stereocenters. The van der Waals surface area contributed by atoms with E-state index in [1.807, 2.05) is 25.1 Å². The zero-order chi connectivity index (χ0) is 39.8. The lowest BCUT2D eigenvalue weighted by Crippen LogP contribution is -2.42. The summed E-state index contributed by atoms with van der Waals surface area (Å²) in [5, 5.41) is 3.71. The number of methoxy groups -OCH3 is 3. The van der Waals surface area contributed by atoms with Crippen LogP contribution in [0, 0.1) is 11.6 Å². The van der Waals surface area contributed by atoms with Crippen molar-refractivity contribution in [3.05, 3.63) is 77.4 Å². The SMILES string of the molecule is CCOCCn1c(NC2CCN(CCC3(c4ccc(F)c(F)c4)CCN(C(=O)c4cc(OC)c(OC)c(OC)c4)C3)CC2)nc2ccccc21.CS(=O)(=O)O. The van der Waals surface area contributed by atoms with Gasteiger partial charge >= 0.3 is 0 Å². The van der Waals surface area contributed by atoms with Crippen molar-refractivity contribution in [1.82, 2.24) is 19.4 Å². The number of imidazole rings is 1. The van der Waals surface area contributed by atoms with E-state index < -0.39 is 27.2 Å². The second kappa shape index (κ2) is 18.4. The lowest BCUT2D eigenvalue weighted by atomic mass is 9.76. The average Bonchev–Trinajstić information content (AvgIpc) is 3.76. The topological polar surface area (TPSA) is 145 Å². The van der Waals surface area contributed by atoms with Gasteiger partial charge in [-0.25, -0.2) is 13.8 Å². The number of rotatable bonds is 14. The van der Waals surface area contributed by atoms with Gasteiger partial charge in [0.1, 0.15) is 0 Å². The summed E-state index contributed by atoms with van der Waals surface area (Å²) in [4.78, 5) is 23.0. The maximum Gasteiger partial charge on any atom is 0.261 e. The summed E-state index contributed by atoms with van der Waals surface area (Å²) in [5.74, 6) is 0.105. The molecule has 0 aliphatic carbocycles. The van der Waals surface area contributed by atoms with Gasteiger partial charge in [0, 0.05) is 56.4 Å². The largest absolute Gasteiger partial charge is 0.493 e. The molecule has 0 radical (unpaired) electrons. The molecule has 0 bridgehead atoms. The van der Waals surface area contributed by atoms with Gasteiger partial charge < -0.3 is 38.6 Å². The number of ether oxygens (including phenoxy) is 4. The first-order valence-corrected chi connectivity index (χ1v) is 20.1. The summed E-state index contributed by atoms with van der Waals surface area (Å²) >= 11 is 0. The minimum Gasteiger partial charge on any atom is -0.493 e. The van der Waals surface area contributed by atoms with Crippen molar-refractivity contribution in [2.24, 2.45) is 0 Å². The third-order valence-corrected chi connectivity index (χ3v) is 10.2. The molecule has 4 aromatic rings. The Balaban J connectivity index is 0.00000109. The highest BCUT2D eigenvalue weighted by molar-refractivity contribution is 7.85. The van der Waals surface area contributed by atoms with Gasteiger partial charge in [0.15, 0.2) is 23.1 Å². The van der Waals surface area contributed by atoms with Crippen molar-refractivity contribution in [2.45, 2.75) is 50.6 Å². The Bertz CT molecular complexity index is 2010. The van der Waals surface area contributed by atoms with Crippen LogP contribution in [0.25, 0.3) is 11.0 Å². The van der Waals surface area contributed by atoms with Crippen LogP contribution in [0.4, 0.5) is 14.7 Å². The van der Waals surface area contributed by atoms with Crippen LogP contribution in [-0.4, -0.2) is 118 Å². The molecule has 55 heavy (non-hydrogen) atoms. The van der Waals surface area contributed by atoms with Gasteiger partial charge in [-0.3, -0.25) is 9.35 Å². The Morgan fingerprint density at radius 1 is 0.964 bits per heavy atom. The number of aromatic nitrogens is 2. The Hall–Kier alpha value is -4.51. The van der Waals surface area contributed by atoms with Crippen molar-refractivity contribution in [1.29, 1.82) is 0 Å². The number of fused-ring (bicyclic) bond motifs is 1. The summed E-state index contributed by atoms with van der Waals surface area (Å²) in [5.41, 5.74) is 2.62. The summed E-state index contributed by atoms with van der Waals surface area (Å²) in [7, 11) is 0.865. The molecule has 0 spiro atoms. The van der Waals surface area contributed by atoms with Gasteiger partial charge in [-0.15, -0.1) is 0 Å². The normalized spacial score (nSPS) is 17.9. The minimum atomic E-state index is -3.67.